The molecule has 1 aromatic carbocycles. The third-order valence-electron chi connectivity index (χ3n) is 3.98. The highest BCUT2D eigenvalue weighted by atomic mass is 35.5. The quantitative estimate of drug-likeness (QED) is 0.799. The topological polar surface area (TPSA) is 70.1 Å². The van der Waals surface area contributed by atoms with E-state index >= 15 is 0 Å². The van der Waals surface area contributed by atoms with E-state index in [1.807, 2.05) is 0 Å². The van der Waals surface area contributed by atoms with Gasteiger partial charge in [-0.25, -0.2) is 8.78 Å². The van der Waals surface area contributed by atoms with Gasteiger partial charge in [-0.2, -0.15) is 5.10 Å². The van der Waals surface area contributed by atoms with Crippen LogP contribution in [-0.2, 0) is 11.8 Å². The van der Waals surface area contributed by atoms with Crippen molar-refractivity contribution in [2.24, 2.45) is 12.8 Å². The smallest absolute Gasteiger partial charge is 0.282 e. The number of rotatable bonds is 6. The van der Waals surface area contributed by atoms with Crippen LogP contribution < -0.4 is 5.73 Å². The Morgan fingerprint density at radius 2 is 2.00 bits per heavy atom. The summed E-state index contributed by atoms with van der Waals surface area (Å²) < 4.78 is 33.2. The molecule has 1 aromatic heterocycles. The minimum Gasteiger partial charge on any atom is -0.376 e. The van der Waals surface area contributed by atoms with E-state index in [-0.39, 0.29) is 11.3 Å². The number of aryl methyl sites for hydroxylation is 1. The van der Waals surface area contributed by atoms with Gasteiger partial charge in [-0.3, -0.25) is 9.48 Å². The standard InChI is InChI=1S/C16H17Cl2F2N3O2/c1-7(14(25-3)9-5-4-8(17)6-10(9)18)13-11(16(21)24)12(15(19)20)22-23(13)2/h4-7,14-15H,1-3H3,(H2,21,24)/t7?,14-/m0/s1. The average Bonchev–Trinajstić information content (AvgIpc) is 2.87. The van der Waals surface area contributed by atoms with Gasteiger partial charge in [-0.15, -0.1) is 0 Å². The molecule has 0 aliphatic carbocycles. The van der Waals surface area contributed by atoms with Gasteiger partial charge in [-0.1, -0.05) is 36.2 Å². The number of amides is 1. The average molecular weight is 392 g/mol. The van der Waals surface area contributed by atoms with E-state index in [0.29, 0.717) is 15.6 Å². The Balaban J connectivity index is 2.58. The zero-order valence-electron chi connectivity index (χ0n) is 13.8. The Hall–Kier alpha value is -1.70. The number of hydrogen-bond acceptors (Lipinski definition) is 3. The fourth-order valence-electron chi connectivity index (χ4n) is 2.96. The number of ether oxygens (including phenoxy) is 1. The Bertz CT molecular complexity index is 796. The molecule has 0 radical (unpaired) electrons. The van der Waals surface area contributed by atoms with Gasteiger partial charge in [0.1, 0.15) is 5.69 Å². The maximum Gasteiger partial charge on any atom is 0.282 e. The Morgan fingerprint density at radius 3 is 2.48 bits per heavy atom. The molecule has 1 heterocycles. The first-order valence-corrected chi connectivity index (χ1v) is 8.07. The molecule has 25 heavy (non-hydrogen) atoms. The fraction of sp³-hybridized carbons (Fsp3) is 0.375. The maximum atomic E-state index is 13.2. The largest absolute Gasteiger partial charge is 0.376 e. The minimum atomic E-state index is -2.92. The van der Waals surface area contributed by atoms with E-state index in [2.05, 4.69) is 5.10 Å². The summed E-state index contributed by atoms with van der Waals surface area (Å²) in [7, 11) is 2.93. The molecule has 0 fully saturated rings. The maximum absolute atomic E-state index is 13.2. The Kier molecular flexibility index (Phi) is 6.03. The molecule has 2 aromatic rings. The summed E-state index contributed by atoms with van der Waals surface area (Å²) in [6.45, 7) is 1.72. The molecule has 0 saturated heterocycles. The lowest BCUT2D eigenvalue weighted by atomic mass is 9.91. The first-order valence-electron chi connectivity index (χ1n) is 7.31. The second-order valence-electron chi connectivity index (χ2n) is 5.54. The number of halogens is 4. The van der Waals surface area contributed by atoms with Crippen molar-refractivity contribution < 1.29 is 18.3 Å². The number of methoxy groups -OCH3 is 1. The van der Waals surface area contributed by atoms with Gasteiger partial charge in [-0.05, 0) is 12.1 Å². The lowest BCUT2D eigenvalue weighted by molar-refractivity contribution is 0.0805. The number of primary amides is 1. The summed E-state index contributed by atoms with van der Waals surface area (Å²) in [5.74, 6) is -1.50. The van der Waals surface area contributed by atoms with E-state index in [1.54, 1.807) is 25.1 Å². The molecule has 1 amide bonds. The third kappa shape index (κ3) is 3.78. The van der Waals surface area contributed by atoms with E-state index in [4.69, 9.17) is 33.7 Å². The van der Waals surface area contributed by atoms with Crippen LogP contribution in [0.3, 0.4) is 0 Å². The summed E-state index contributed by atoms with van der Waals surface area (Å²) >= 11 is 12.1. The molecule has 0 saturated carbocycles. The van der Waals surface area contributed by atoms with Crippen molar-refractivity contribution in [1.29, 1.82) is 0 Å². The van der Waals surface area contributed by atoms with Gasteiger partial charge in [0.15, 0.2) is 0 Å². The van der Waals surface area contributed by atoms with Crippen LogP contribution in [0.2, 0.25) is 10.0 Å². The van der Waals surface area contributed by atoms with Gasteiger partial charge >= 0.3 is 0 Å². The van der Waals surface area contributed by atoms with Crippen molar-refractivity contribution in [3.8, 4) is 0 Å². The number of hydrogen-bond donors (Lipinski definition) is 1. The van der Waals surface area contributed by atoms with Crippen LogP contribution >= 0.6 is 23.2 Å². The van der Waals surface area contributed by atoms with Gasteiger partial charge in [0.25, 0.3) is 12.3 Å². The third-order valence-corrected chi connectivity index (χ3v) is 4.54. The molecule has 0 aliphatic heterocycles. The molecule has 9 heteroatoms. The summed E-state index contributed by atoms with van der Waals surface area (Å²) in [4.78, 5) is 11.8. The van der Waals surface area contributed by atoms with Crippen molar-refractivity contribution >= 4 is 29.1 Å². The number of carbonyl (C=O) groups is 1. The number of benzene rings is 1. The van der Waals surface area contributed by atoms with Gasteiger partial charge < -0.3 is 10.5 Å². The molecule has 0 aliphatic rings. The molecule has 0 spiro atoms. The molecule has 5 nitrogen and oxygen atoms in total. The van der Waals surface area contributed by atoms with E-state index in [9.17, 15) is 13.6 Å². The molecule has 2 atom stereocenters. The van der Waals surface area contributed by atoms with Crippen LogP contribution in [0.1, 0.15) is 52.7 Å². The number of aromatic nitrogens is 2. The summed E-state index contributed by atoms with van der Waals surface area (Å²) in [5.41, 5.74) is 5.24. The van der Waals surface area contributed by atoms with Gasteiger partial charge in [0.2, 0.25) is 0 Å². The normalized spacial score (nSPS) is 13.9. The predicted molar refractivity (Wildman–Crippen MR) is 91.3 cm³/mol. The monoisotopic (exact) mass is 391 g/mol. The van der Waals surface area contributed by atoms with Crippen LogP contribution in [0, 0.1) is 0 Å². The molecule has 2 rings (SSSR count). The highest BCUT2D eigenvalue weighted by Gasteiger charge is 2.33. The van der Waals surface area contributed by atoms with Crippen molar-refractivity contribution in [2.45, 2.75) is 25.4 Å². The van der Waals surface area contributed by atoms with Crippen LogP contribution in [0.25, 0.3) is 0 Å². The predicted octanol–water partition coefficient (Wildman–Crippen LogP) is 4.25. The zero-order valence-corrected chi connectivity index (χ0v) is 15.3. The summed E-state index contributed by atoms with van der Waals surface area (Å²) in [6.07, 6.45) is -3.54. The second-order valence-corrected chi connectivity index (χ2v) is 6.39. The number of carbonyl (C=O) groups excluding carboxylic acids is 1. The van der Waals surface area contributed by atoms with Crippen molar-refractivity contribution in [1.82, 2.24) is 9.78 Å². The SMILES string of the molecule is CO[C@H](c1ccc(Cl)cc1Cl)C(C)c1c(C(N)=O)c(C(F)F)nn1C. The lowest BCUT2D eigenvalue weighted by Gasteiger charge is -2.25. The highest BCUT2D eigenvalue weighted by Crippen LogP contribution is 2.40. The molecule has 136 valence electrons. The number of alkyl halides is 2. The van der Waals surface area contributed by atoms with E-state index in [0.717, 1.165) is 0 Å². The first-order chi connectivity index (χ1) is 11.7. The van der Waals surface area contributed by atoms with Gasteiger partial charge in [0.05, 0.1) is 17.4 Å². The fourth-order valence-corrected chi connectivity index (χ4v) is 3.48. The summed E-state index contributed by atoms with van der Waals surface area (Å²) in [5, 5.41) is 4.57. The molecule has 0 bridgehead atoms. The summed E-state index contributed by atoms with van der Waals surface area (Å²) in [6, 6.07) is 4.88. The highest BCUT2D eigenvalue weighted by molar-refractivity contribution is 6.35. The molecular weight excluding hydrogens is 375 g/mol. The molecule has 1 unspecified atom stereocenters. The molecular formula is C16H17Cl2F2N3O2. The lowest BCUT2D eigenvalue weighted by Crippen LogP contribution is -2.20. The zero-order chi connectivity index (χ0) is 18.9. The minimum absolute atomic E-state index is 0.251. The Labute approximate surface area is 153 Å². The van der Waals surface area contributed by atoms with Crippen LogP contribution in [0.15, 0.2) is 18.2 Å². The molecule has 2 N–H and O–H groups in total. The second kappa shape index (κ2) is 7.68. The van der Waals surface area contributed by atoms with Crippen LogP contribution in [0.5, 0.6) is 0 Å². The van der Waals surface area contributed by atoms with Crippen LogP contribution in [0.4, 0.5) is 8.78 Å². The number of nitrogens with two attached hydrogens (primary N) is 1. The van der Waals surface area contributed by atoms with E-state index < -0.39 is 30.0 Å². The van der Waals surface area contributed by atoms with E-state index in [1.165, 1.54) is 18.8 Å². The van der Waals surface area contributed by atoms with Crippen molar-refractivity contribution in [3.05, 3.63) is 50.8 Å². The Morgan fingerprint density at radius 1 is 1.36 bits per heavy atom. The number of nitrogens with zero attached hydrogens (tertiary/aromatic N) is 2. The van der Waals surface area contributed by atoms with Crippen molar-refractivity contribution in [3.63, 3.8) is 0 Å². The van der Waals surface area contributed by atoms with Crippen molar-refractivity contribution in [2.75, 3.05) is 7.11 Å². The first kappa shape index (κ1) is 19.6. The van der Waals surface area contributed by atoms with Gasteiger partial charge in [0, 0.05) is 35.7 Å². The van der Waals surface area contributed by atoms with Crippen LogP contribution in [-0.4, -0.2) is 22.8 Å².